The minimum Gasteiger partial charge on any atom is -0.467 e. The molecule has 1 saturated heterocycles. The number of hydrogen-bond acceptors (Lipinski definition) is 4. The molecule has 1 aromatic heterocycles. The van der Waals surface area contributed by atoms with Gasteiger partial charge in [0.25, 0.3) is 0 Å². The van der Waals surface area contributed by atoms with Crippen LogP contribution in [0.2, 0.25) is 0 Å². The largest absolute Gasteiger partial charge is 0.467 e. The second kappa shape index (κ2) is 7.25. The molecule has 1 fully saturated rings. The Kier molecular flexibility index (Phi) is 5.64. The summed E-state index contributed by atoms with van der Waals surface area (Å²) < 4.78 is 17.3. The van der Waals surface area contributed by atoms with Crippen molar-refractivity contribution in [2.45, 2.75) is 78.0 Å². The lowest BCUT2D eigenvalue weighted by molar-refractivity contribution is -0.108. The van der Waals surface area contributed by atoms with Crippen molar-refractivity contribution in [3.8, 4) is 0 Å². The zero-order valence-electron chi connectivity index (χ0n) is 13.0. The van der Waals surface area contributed by atoms with E-state index < -0.39 is 0 Å². The summed E-state index contributed by atoms with van der Waals surface area (Å²) in [6.45, 7) is 9.87. The third-order valence-corrected chi connectivity index (χ3v) is 3.64. The van der Waals surface area contributed by atoms with Gasteiger partial charge in [-0.15, -0.1) is 0 Å². The highest BCUT2D eigenvalue weighted by molar-refractivity contribution is 5.16. The molecule has 4 heteroatoms. The monoisotopic (exact) mass is 281 g/mol. The maximum Gasteiger partial charge on any atom is 0.133 e. The van der Waals surface area contributed by atoms with Crippen molar-refractivity contribution in [1.29, 1.82) is 0 Å². The van der Waals surface area contributed by atoms with E-state index in [-0.39, 0.29) is 18.3 Å². The molecule has 2 unspecified atom stereocenters. The molecule has 0 saturated carbocycles. The lowest BCUT2D eigenvalue weighted by Gasteiger charge is -2.31. The van der Waals surface area contributed by atoms with Crippen molar-refractivity contribution < 1.29 is 13.9 Å². The second-order valence-electron chi connectivity index (χ2n) is 6.07. The van der Waals surface area contributed by atoms with Crippen molar-refractivity contribution in [3.63, 3.8) is 0 Å². The smallest absolute Gasteiger partial charge is 0.133 e. The normalized spacial score (nSPS) is 27.1. The fourth-order valence-electron chi connectivity index (χ4n) is 2.64. The Morgan fingerprint density at radius 3 is 2.65 bits per heavy atom. The van der Waals surface area contributed by atoms with Gasteiger partial charge in [-0.25, -0.2) is 0 Å². The van der Waals surface area contributed by atoms with Crippen LogP contribution in [0.1, 0.15) is 51.9 Å². The van der Waals surface area contributed by atoms with Crippen LogP contribution in [-0.4, -0.2) is 24.4 Å². The molecule has 0 amide bonds. The molecule has 0 radical (unpaired) electrons. The molecule has 114 valence electrons. The Morgan fingerprint density at radius 2 is 2.00 bits per heavy atom. The van der Waals surface area contributed by atoms with Gasteiger partial charge in [0.15, 0.2) is 0 Å². The molecule has 0 aromatic carbocycles. The summed E-state index contributed by atoms with van der Waals surface area (Å²) >= 11 is 0. The van der Waals surface area contributed by atoms with Crippen LogP contribution in [0.4, 0.5) is 0 Å². The maximum absolute atomic E-state index is 6.01. The number of rotatable bonds is 6. The summed E-state index contributed by atoms with van der Waals surface area (Å²) in [6, 6.07) is 2.49. The number of hydrogen-bond donors (Lipinski definition) is 1. The van der Waals surface area contributed by atoms with Crippen LogP contribution in [-0.2, 0) is 22.6 Å². The van der Waals surface area contributed by atoms with E-state index in [0.29, 0.717) is 12.6 Å². The highest BCUT2D eigenvalue weighted by Gasteiger charge is 2.25. The lowest BCUT2D eigenvalue weighted by Crippen LogP contribution is -2.34. The first kappa shape index (κ1) is 15.5. The second-order valence-corrected chi connectivity index (χ2v) is 6.07. The number of nitrogens with one attached hydrogen (secondary N) is 1. The summed E-state index contributed by atoms with van der Waals surface area (Å²) in [5.41, 5.74) is 1.19. The zero-order chi connectivity index (χ0) is 14.5. The van der Waals surface area contributed by atoms with Crippen molar-refractivity contribution in [1.82, 2.24) is 5.32 Å². The van der Waals surface area contributed by atoms with Gasteiger partial charge < -0.3 is 19.2 Å². The fraction of sp³-hybridized carbons (Fsp3) is 0.750. The van der Waals surface area contributed by atoms with E-state index in [1.165, 1.54) is 5.56 Å². The first-order chi connectivity index (χ1) is 9.54. The maximum atomic E-state index is 6.01. The molecule has 1 N–H and O–H groups in total. The van der Waals surface area contributed by atoms with Crippen molar-refractivity contribution in [2.24, 2.45) is 0 Å². The predicted octanol–water partition coefficient (Wildman–Crippen LogP) is 3.25. The van der Waals surface area contributed by atoms with Gasteiger partial charge in [-0.3, -0.25) is 0 Å². The Bertz CT molecular complexity index is 392. The van der Waals surface area contributed by atoms with Crippen LogP contribution in [0.3, 0.4) is 0 Å². The summed E-state index contributed by atoms with van der Waals surface area (Å²) in [5.74, 6) is 0.935. The minimum atomic E-state index is 0.268. The van der Waals surface area contributed by atoms with Crippen LogP contribution in [0, 0.1) is 0 Å². The van der Waals surface area contributed by atoms with E-state index >= 15 is 0 Å². The van der Waals surface area contributed by atoms with E-state index in [1.54, 1.807) is 6.26 Å². The molecule has 2 heterocycles. The molecule has 1 aliphatic heterocycles. The average molecular weight is 281 g/mol. The topological polar surface area (TPSA) is 43.6 Å². The van der Waals surface area contributed by atoms with Gasteiger partial charge in [-0.1, -0.05) is 13.8 Å². The molecule has 2 atom stereocenters. The molecule has 1 aromatic rings. The Balaban J connectivity index is 1.83. The van der Waals surface area contributed by atoms with E-state index in [9.17, 15) is 0 Å². The predicted molar refractivity (Wildman–Crippen MR) is 78.5 cm³/mol. The van der Waals surface area contributed by atoms with Gasteiger partial charge in [-0.2, -0.15) is 0 Å². The molecule has 4 nitrogen and oxygen atoms in total. The van der Waals surface area contributed by atoms with E-state index in [2.05, 4.69) is 33.0 Å². The van der Waals surface area contributed by atoms with Crippen LogP contribution < -0.4 is 5.32 Å². The first-order valence-electron chi connectivity index (χ1n) is 7.60. The van der Waals surface area contributed by atoms with Gasteiger partial charge in [-0.05, 0) is 32.8 Å². The number of ether oxygens (including phenoxy) is 2. The Morgan fingerprint density at radius 1 is 1.30 bits per heavy atom. The molecular formula is C16H27NO3. The Labute approximate surface area is 121 Å². The summed E-state index contributed by atoms with van der Waals surface area (Å²) in [7, 11) is 0. The van der Waals surface area contributed by atoms with E-state index in [0.717, 1.165) is 25.1 Å². The third kappa shape index (κ3) is 4.62. The van der Waals surface area contributed by atoms with Gasteiger partial charge in [0.05, 0.1) is 24.6 Å². The third-order valence-electron chi connectivity index (χ3n) is 3.64. The van der Waals surface area contributed by atoms with Crippen molar-refractivity contribution in [3.05, 3.63) is 23.7 Å². The average Bonchev–Trinajstić information content (AvgIpc) is 2.80. The molecular weight excluding hydrogens is 254 g/mol. The highest BCUT2D eigenvalue weighted by Crippen LogP contribution is 2.23. The highest BCUT2D eigenvalue weighted by atomic mass is 16.5. The molecule has 2 rings (SSSR count). The number of furan rings is 1. The first-order valence-corrected chi connectivity index (χ1v) is 7.60. The summed E-state index contributed by atoms with van der Waals surface area (Å²) in [4.78, 5) is 0. The quantitative estimate of drug-likeness (QED) is 0.869. The van der Waals surface area contributed by atoms with Gasteiger partial charge in [0.2, 0.25) is 0 Å². The van der Waals surface area contributed by atoms with Crippen LogP contribution in [0.15, 0.2) is 16.7 Å². The molecule has 0 aliphatic carbocycles. The van der Waals surface area contributed by atoms with Crippen LogP contribution in [0.5, 0.6) is 0 Å². The van der Waals surface area contributed by atoms with Gasteiger partial charge in [0.1, 0.15) is 12.4 Å². The van der Waals surface area contributed by atoms with Crippen molar-refractivity contribution >= 4 is 0 Å². The lowest BCUT2D eigenvalue weighted by atomic mass is 10.0. The molecule has 0 spiro atoms. The van der Waals surface area contributed by atoms with E-state index in [4.69, 9.17) is 13.9 Å². The van der Waals surface area contributed by atoms with Crippen LogP contribution >= 0.6 is 0 Å². The van der Waals surface area contributed by atoms with Crippen molar-refractivity contribution in [2.75, 3.05) is 0 Å². The van der Waals surface area contributed by atoms with Crippen LogP contribution in [0.25, 0.3) is 0 Å². The SMILES string of the molecule is CC(C)NCc1ccoc1COC1CC(C)OC(C)C1. The standard InChI is InChI=1S/C16H27NO3/c1-11(2)17-9-14-5-6-18-16(14)10-19-15-7-12(3)20-13(4)8-15/h5-6,11-13,15,17H,7-10H2,1-4H3. The van der Waals surface area contributed by atoms with E-state index in [1.807, 2.05) is 6.07 Å². The molecule has 1 aliphatic rings. The molecule has 0 bridgehead atoms. The zero-order valence-corrected chi connectivity index (χ0v) is 13.0. The Hall–Kier alpha value is -0.840. The fourth-order valence-corrected chi connectivity index (χ4v) is 2.64. The summed E-state index contributed by atoms with van der Waals surface area (Å²) in [6.07, 6.45) is 4.50. The molecule has 20 heavy (non-hydrogen) atoms. The van der Waals surface area contributed by atoms with Gasteiger partial charge >= 0.3 is 0 Å². The summed E-state index contributed by atoms with van der Waals surface area (Å²) in [5, 5.41) is 3.40. The minimum absolute atomic E-state index is 0.268. The van der Waals surface area contributed by atoms with Gasteiger partial charge in [0, 0.05) is 18.2 Å².